The number of hydrogen-bond acceptors (Lipinski definition) is 1. The quantitative estimate of drug-likeness (QED) is 0.148. The van der Waals surface area contributed by atoms with Crippen LogP contribution in [0.2, 0.25) is 5.04 Å². The maximum Gasteiger partial charge on any atom is 0.261 e. The second kappa shape index (κ2) is 16.4. The Morgan fingerprint density at radius 3 is 1.40 bits per heavy atom. The third-order valence-corrected chi connectivity index (χ3v) is 12.6. The normalized spacial score (nSPS) is 13.2. The van der Waals surface area contributed by atoms with Crippen LogP contribution in [-0.4, -0.2) is 14.4 Å². The summed E-state index contributed by atoms with van der Waals surface area (Å²) in [6.45, 7) is 11.8. The van der Waals surface area contributed by atoms with Crippen molar-refractivity contribution in [2.24, 2.45) is 0 Å². The van der Waals surface area contributed by atoms with Gasteiger partial charge in [-0.3, -0.25) is 0 Å². The SMILES string of the molecule is CCCCCCCCCCCCC(CCCC)O[Si](c1ccccc1)(c1ccccc1)C(C)(C)C. The zero-order valence-electron chi connectivity index (χ0n) is 23.7. The van der Waals surface area contributed by atoms with Gasteiger partial charge in [0.25, 0.3) is 8.32 Å². The van der Waals surface area contributed by atoms with Gasteiger partial charge in [-0.25, -0.2) is 0 Å². The number of hydrogen-bond donors (Lipinski definition) is 0. The Morgan fingerprint density at radius 2 is 0.971 bits per heavy atom. The van der Waals surface area contributed by atoms with E-state index in [1.165, 1.54) is 100 Å². The van der Waals surface area contributed by atoms with Gasteiger partial charge in [-0.2, -0.15) is 0 Å². The standard InChI is InChI=1S/C33H54OSi/c1-6-8-10-11-12-13-14-15-16-19-25-30(24-9-7-2)34-35(33(3,4)5,31-26-20-17-21-27-31)32-28-22-18-23-29-32/h17-18,20-23,26-30H,6-16,19,24-25H2,1-5H3. The predicted molar refractivity (Wildman–Crippen MR) is 158 cm³/mol. The fourth-order valence-electron chi connectivity index (χ4n) is 5.49. The third-order valence-electron chi connectivity index (χ3n) is 7.52. The summed E-state index contributed by atoms with van der Waals surface area (Å²) in [4.78, 5) is 0. The highest BCUT2D eigenvalue weighted by Crippen LogP contribution is 2.38. The van der Waals surface area contributed by atoms with Crippen molar-refractivity contribution >= 4 is 18.7 Å². The van der Waals surface area contributed by atoms with E-state index in [0.717, 1.165) is 0 Å². The fraction of sp³-hybridized carbons (Fsp3) is 0.636. The molecule has 0 saturated heterocycles. The van der Waals surface area contributed by atoms with E-state index < -0.39 is 8.32 Å². The van der Waals surface area contributed by atoms with Crippen molar-refractivity contribution in [3.63, 3.8) is 0 Å². The molecule has 35 heavy (non-hydrogen) atoms. The second-order valence-electron chi connectivity index (χ2n) is 11.5. The first-order chi connectivity index (χ1) is 17.0. The Morgan fingerprint density at radius 1 is 0.571 bits per heavy atom. The maximum absolute atomic E-state index is 7.50. The van der Waals surface area contributed by atoms with Gasteiger partial charge >= 0.3 is 0 Å². The van der Waals surface area contributed by atoms with Crippen LogP contribution in [0.15, 0.2) is 60.7 Å². The van der Waals surface area contributed by atoms with Crippen LogP contribution in [0, 0.1) is 0 Å². The first-order valence-corrected chi connectivity index (χ1v) is 16.7. The summed E-state index contributed by atoms with van der Waals surface area (Å²) in [5, 5.41) is 2.87. The minimum absolute atomic E-state index is 0.0535. The van der Waals surface area contributed by atoms with Crippen molar-refractivity contribution < 1.29 is 4.43 Å². The van der Waals surface area contributed by atoms with Gasteiger partial charge in [0.2, 0.25) is 0 Å². The van der Waals surface area contributed by atoms with Crippen molar-refractivity contribution in [1.82, 2.24) is 0 Å². The van der Waals surface area contributed by atoms with Gasteiger partial charge in [0.1, 0.15) is 0 Å². The molecule has 0 spiro atoms. The largest absolute Gasteiger partial charge is 0.404 e. The first kappa shape index (κ1) is 29.8. The minimum Gasteiger partial charge on any atom is -0.404 e. The molecule has 0 N–H and O–H groups in total. The molecule has 1 atom stereocenters. The molecule has 2 aromatic carbocycles. The molecule has 0 aliphatic carbocycles. The van der Waals surface area contributed by atoms with Crippen LogP contribution in [0.3, 0.4) is 0 Å². The smallest absolute Gasteiger partial charge is 0.261 e. The lowest BCUT2D eigenvalue weighted by atomic mass is 10.0. The van der Waals surface area contributed by atoms with E-state index in [-0.39, 0.29) is 5.04 Å². The lowest BCUT2D eigenvalue weighted by Gasteiger charge is -2.45. The molecule has 0 aliphatic heterocycles. The van der Waals surface area contributed by atoms with Crippen LogP contribution in [0.5, 0.6) is 0 Å². The third kappa shape index (κ3) is 9.54. The molecule has 1 nitrogen and oxygen atoms in total. The van der Waals surface area contributed by atoms with Crippen LogP contribution in [-0.2, 0) is 4.43 Å². The van der Waals surface area contributed by atoms with Crippen molar-refractivity contribution in [3.05, 3.63) is 60.7 Å². The zero-order chi connectivity index (χ0) is 25.4. The molecule has 1 unspecified atom stereocenters. The van der Waals surface area contributed by atoms with Crippen molar-refractivity contribution in [3.8, 4) is 0 Å². The molecule has 2 aromatic rings. The Labute approximate surface area is 219 Å². The molecule has 0 amide bonds. The molecule has 0 heterocycles. The second-order valence-corrected chi connectivity index (χ2v) is 15.8. The van der Waals surface area contributed by atoms with E-state index in [1.807, 2.05) is 0 Å². The molecular weight excluding hydrogens is 440 g/mol. The van der Waals surface area contributed by atoms with Crippen molar-refractivity contribution in [2.45, 2.75) is 136 Å². The number of rotatable bonds is 18. The molecule has 2 rings (SSSR count). The average molecular weight is 495 g/mol. The molecule has 0 saturated carbocycles. The topological polar surface area (TPSA) is 9.23 Å². The van der Waals surface area contributed by atoms with Gasteiger partial charge < -0.3 is 4.43 Å². The molecular formula is C33H54OSi. The lowest BCUT2D eigenvalue weighted by molar-refractivity contribution is 0.160. The van der Waals surface area contributed by atoms with E-state index in [2.05, 4.69) is 95.3 Å². The van der Waals surface area contributed by atoms with Crippen molar-refractivity contribution in [1.29, 1.82) is 0 Å². The summed E-state index contributed by atoms with van der Waals surface area (Å²) in [6, 6.07) is 22.3. The summed E-state index contributed by atoms with van der Waals surface area (Å²) in [5.41, 5.74) is 0. The Bertz CT molecular complexity index is 725. The van der Waals surface area contributed by atoms with Gasteiger partial charge in [-0.05, 0) is 28.3 Å². The molecule has 2 heteroatoms. The summed E-state index contributed by atoms with van der Waals surface area (Å²) >= 11 is 0. The Balaban J connectivity index is 2.09. The molecule has 0 aliphatic rings. The van der Waals surface area contributed by atoms with E-state index in [1.54, 1.807) is 0 Å². The van der Waals surface area contributed by atoms with E-state index in [0.29, 0.717) is 6.10 Å². The van der Waals surface area contributed by atoms with Crippen LogP contribution in [0.4, 0.5) is 0 Å². The molecule has 0 bridgehead atoms. The minimum atomic E-state index is -2.46. The van der Waals surface area contributed by atoms with Crippen LogP contribution < -0.4 is 10.4 Å². The summed E-state index contributed by atoms with van der Waals surface area (Å²) in [7, 11) is -2.46. The van der Waals surface area contributed by atoms with Gasteiger partial charge in [-0.15, -0.1) is 0 Å². The van der Waals surface area contributed by atoms with Gasteiger partial charge in [-0.1, -0.05) is 172 Å². The van der Waals surface area contributed by atoms with Crippen molar-refractivity contribution in [2.75, 3.05) is 0 Å². The van der Waals surface area contributed by atoms with Gasteiger partial charge in [0.05, 0.1) is 0 Å². The summed E-state index contributed by atoms with van der Waals surface area (Å²) in [6.07, 6.45) is 19.1. The maximum atomic E-state index is 7.50. The lowest BCUT2D eigenvalue weighted by Crippen LogP contribution is -2.67. The van der Waals surface area contributed by atoms with Gasteiger partial charge in [0, 0.05) is 6.10 Å². The molecule has 0 fully saturated rings. The highest BCUT2D eigenvalue weighted by molar-refractivity contribution is 6.99. The molecule has 0 radical (unpaired) electrons. The average Bonchev–Trinajstić information content (AvgIpc) is 2.86. The highest BCUT2D eigenvalue weighted by atomic mass is 28.4. The van der Waals surface area contributed by atoms with Crippen LogP contribution >= 0.6 is 0 Å². The van der Waals surface area contributed by atoms with Crippen LogP contribution in [0.25, 0.3) is 0 Å². The first-order valence-electron chi connectivity index (χ1n) is 14.7. The fourth-order valence-corrected chi connectivity index (χ4v) is 10.2. The highest BCUT2D eigenvalue weighted by Gasteiger charge is 2.51. The molecule has 196 valence electrons. The Hall–Kier alpha value is -1.38. The van der Waals surface area contributed by atoms with E-state index in [9.17, 15) is 0 Å². The van der Waals surface area contributed by atoms with E-state index >= 15 is 0 Å². The summed E-state index contributed by atoms with van der Waals surface area (Å²) in [5.74, 6) is 0. The zero-order valence-corrected chi connectivity index (χ0v) is 24.7. The van der Waals surface area contributed by atoms with Gasteiger partial charge in [0.15, 0.2) is 0 Å². The predicted octanol–water partition coefficient (Wildman–Crippen LogP) is 9.43. The number of unbranched alkanes of at least 4 members (excludes halogenated alkanes) is 10. The van der Waals surface area contributed by atoms with Crippen LogP contribution in [0.1, 0.15) is 125 Å². The Kier molecular flexibility index (Phi) is 14.0. The number of benzene rings is 2. The molecule has 0 aromatic heterocycles. The van der Waals surface area contributed by atoms with E-state index in [4.69, 9.17) is 4.43 Å². The summed E-state index contributed by atoms with van der Waals surface area (Å²) < 4.78 is 7.50. The monoisotopic (exact) mass is 494 g/mol.